The first-order valence-corrected chi connectivity index (χ1v) is 6.08. The van der Waals surface area contributed by atoms with Crippen molar-refractivity contribution in [2.24, 2.45) is 0 Å². The molecule has 104 valence electrons. The number of ether oxygens (including phenoxy) is 1. The molecular weight excluding hydrogens is 244 g/mol. The van der Waals surface area contributed by atoms with E-state index in [9.17, 15) is 9.59 Å². The molecule has 5 heteroatoms. The van der Waals surface area contributed by atoms with Gasteiger partial charge in [-0.3, -0.25) is 14.5 Å². The van der Waals surface area contributed by atoms with Crippen LogP contribution in [0.1, 0.15) is 22.8 Å². The predicted octanol–water partition coefficient (Wildman–Crippen LogP) is 1.04. The van der Waals surface area contributed by atoms with Gasteiger partial charge in [0, 0.05) is 19.2 Å². The molecule has 1 rings (SSSR count). The lowest BCUT2D eigenvalue weighted by atomic mass is 10.1. The lowest BCUT2D eigenvalue weighted by Crippen LogP contribution is -2.36. The van der Waals surface area contributed by atoms with Gasteiger partial charge < -0.3 is 10.1 Å². The van der Waals surface area contributed by atoms with Crippen molar-refractivity contribution in [3.63, 3.8) is 0 Å². The van der Waals surface area contributed by atoms with E-state index < -0.39 is 0 Å². The maximum Gasteiger partial charge on any atom is 0.322 e. The molecule has 1 N–H and O–H groups in total. The summed E-state index contributed by atoms with van der Waals surface area (Å²) in [7, 11) is 4.83. The zero-order chi connectivity index (χ0) is 14.4. The second-order valence-electron chi connectivity index (χ2n) is 4.39. The molecule has 0 heterocycles. The fraction of sp³-hybridized carbons (Fsp3) is 0.429. The third-order valence-electron chi connectivity index (χ3n) is 3.08. The number of nitrogens with zero attached hydrogens (tertiary/aromatic N) is 1. The first-order valence-electron chi connectivity index (χ1n) is 6.08. The Morgan fingerprint density at radius 1 is 1.32 bits per heavy atom. The molecule has 0 aliphatic heterocycles. The third-order valence-corrected chi connectivity index (χ3v) is 3.08. The summed E-state index contributed by atoms with van der Waals surface area (Å²) in [5, 5.41) is 2.57. The highest BCUT2D eigenvalue weighted by molar-refractivity contribution is 5.93. The molecule has 1 unspecified atom stereocenters. The average molecular weight is 264 g/mol. The molecular formula is C14H20N2O3. The van der Waals surface area contributed by atoms with Gasteiger partial charge in [-0.05, 0) is 31.7 Å². The Balaban J connectivity index is 2.67. The number of amides is 1. The van der Waals surface area contributed by atoms with Crippen molar-refractivity contribution in [3.8, 4) is 0 Å². The summed E-state index contributed by atoms with van der Waals surface area (Å²) < 4.78 is 4.70. The molecule has 0 aliphatic carbocycles. The molecule has 0 saturated carbocycles. The number of carbonyl (C=O) groups is 2. The minimum atomic E-state index is -0.302. The second-order valence-corrected chi connectivity index (χ2v) is 4.39. The van der Waals surface area contributed by atoms with Crippen LogP contribution in [0.5, 0.6) is 0 Å². The van der Waals surface area contributed by atoms with Crippen molar-refractivity contribution >= 4 is 11.9 Å². The van der Waals surface area contributed by atoms with Crippen molar-refractivity contribution in [3.05, 3.63) is 35.4 Å². The van der Waals surface area contributed by atoms with Crippen LogP contribution in [0.3, 0.4) is 0 Å². The van der Waals surface area contributed by atoms with Crippen LogP contribution in [-0.4, -0.2) is 44.0 Å². The minimum absolute atomic E-state index is 0.108. The van der Waals surface area contributed by atoms with Crippen LogP contribution in [0.25, 0.3) is 0 Å². The van der Waals surface area contributed by atoms with Gasteiger partial charge in [0.2, 0.25) is 0 Å². The molecule has 19 heavy (non-hydrogen) atoms. The lowest BCUT2D eigenvalue weighted by Gasteiger charge is -2.22. The molecule has 1 atom stereocenters. The first kappa shape index (κ1) is 15.2. The van der Waals surface area contributed by atoms with Gasteiger partial charge in [-0.15, -0.1) is 0 Å². The largest absolute Gasteiger partial charge is 0.468 e. The number of benzene rings is 1. The van der Waals surface area contributed by atoms with E-state index in [0.717, 1.165) is 5.56 Å². The van der Waals surface area contributed by atoms with Gasteiger partial charge >= 0.3 is 5.97 Å². The lowest BCUT2D eigenvalue weighted by molar-refractivity contribution is -0.145. The Kier molecular flexibility index (Phi) is 5.51. The molecule has 0 fully saturated rings. The van der Waals surface area contributed by atoms with E-state index >= 15 is 0 Å². The highest BCUT2D eigenvalue weighted by Crippen LogP contribution is 2.09. The van der Waals surface area contributed by atoms with Crippen molar-refractivity contribution in [1.29, 1.82) is 0 Å². The fourth-order valence-corrected chi connectivity index (χ4v) is 1.68. The van der Waals surface area contributed by atoms with Gasteiger partial charge in [-0.1, -0.05) is 12.1 Å². The number of carbonyl (C=O) groups excluding carboxylic acids is 2. The van der Waals surface area contributed by atoms with Crippen LogP contribution in [0.15, 0.2) is 24.3 Å². The minimum Gasteiger partial charge on any atom is -0.468 e. The standard InChI is InChI=1S/C14H20N2O3/c1-10(14(18)19-4)16(3)9-11-5-7-12(8-6-11)13(17)15-2/h5-8,10H,9H2,1-4H3,(H,15,17). The van der Waals surface area contributed by atoms with Gasteiger partial charge in [0.15, 0.2) is 0 Å². The summed E-state index contributed by atoms with van der Waals surface area (Å²) in [6, 6.07) is 7.00. The van der Waals surface area contributed by atoms with Crippen molar-refractivity contribution in [1.82, 2.24) is 10.2 Å². The molecule has 1 aromatic rings. The monoisotopic (exact) mass is 264 g/mol. The number of rotatable bonds is 5. The third kappa shape index (κ3) is 4.06. The van der Waals surface area contributed by atoms with E-state index in [-0.39, 0.29) is 17.9 Å². The molecule has 1 amide bonds. The van der Waals surface area contributed by atoms with Crippen LogP contribution >= 0.6 is 0 Å². The van der Waals surface area contributed by atoms with E-state index in [1.807, 2.05) is 24.1 Å². The summed E-state index contributed by atoms with van der Waals surface area (Å²) in [6.45, 7) is 2.41. The first-order chi connectivity index (χ1) is 8.99. The van der Waals surface area contributed by atoms with Crippen molar-refractivity contribution in [2.45, 2.75) is 19.5 Å². The van der Waals surface area contributed by atoms with E-state index in [2.05, 4.69) is 5.32 Å². The van der Waals surface area contributed by atoms with E-state index in [0.29, 0.717) is 12.1 Å². The van der Waals surface area contributed by atoms with Gasteiger partial charge in [0.1, 0.15) is 6.04 Å². The highest BCUT2D eigenvalue weighted by atomic mass is 16.5. The highest BCUT2D eigenvalue weighted by Gasteiger charge is 2.18. The fourth-order valence-electron chi connectivity index (χ4n) is 1.68. The van der Waals surface area contributed by atoms with Crippen LogP contribution in [-0.2, 0) is 16.1 Å². The Bertz CT molecular complexity index is 443. The van der Waals surface area contributed by atoms with E-state index in [4.69, 9.17) is 4.74 Å². The number of methoxy groups -OCH3 is 1. The topological polar surface area (TPSA) is 58.6 Å². The Morgan fingerprint density at radius 2 is 1.89 bits per heavy atom. The maximum atomic E-state index is 11.4. The molecule has 0 saturated heterocycles. The molecule has 0 radical (unpaired) electrons. The van der Waals surface area contributed by atoms with E-state index in [1.54, 1.807) is 26.1 Å². The molecule has 5 nitrogen and oxygen atoms in total. The SMILES string of the molecule is CNC(=O)c1ccc(CN(C)C(C)C(=O)OC)cc1. The normalized spacial score (nSPS) is 12.1. The summed E-state index contributed by atoms with van der Waals surface area (Å²) >= 11 is 0. The predicted molar refractivity (Wildman–Crippen MR) is 72.8 cm³/mol. The quantitative estimate of drug-likeness (QED) is 0.807. The van der Waals surface area contributed by atoms with Gasteiger partial charge in [-0.2, -0.15) is 0 Å². The molecule has 0 aromatic heterocycles. The second kappa shape index (κ2) is 6.89. The number of hydrogen-bond donors (Lipinski definition) is 1. The number of nitrogens with one attached hydrogen (secondary N) is 1. The number of hydrogen-bond acceptors (Lipinski definition) is 4. The zero-order valence-electron chi connectivity index (χ0n) is 11.8. The Morgan fingerprint density at radius 3 is 2.37 bits per heavy atom. The average Bonchev–Trinajstić information content (AvgIpc) is 2.45. The van der Waals surface area contributed by atoms with E-state index in [1.165, 1.54) is 7.11 Å². The van der Waals surface area contributed by atoms with Crippen LogP contribution < -0.4 is 5.32 Å². The molecule has 0 spiro atoms. The van der Waals surface area contributed by atoms with Crippen molar-refractivity contribution < 1.29 is 14.3 Å². The van der Waals surface area contributed by atoms with Gasteiger partial charge in [0.25, 0.3) is 5.91 Å². The molecule has 0 bridgehead atoms. The van der Waals surface area contributed by atoms with Gasteiger partial charge in [-0.25, -0.2) is 0 Å². The summed E-state index contributed by atoms with van der Waals surface area (Å²) in [6.07, 6.45) is 0. The maximum absolute atomic E-state index is 11.4. The molecule has 1 aromatic carbocycles. The zero-order valence-corrected chi connectivity index (χ0v) is 11.8. The van der Waals surface area contributed by atoms with Crippen LogP contribution in [0.2, 0.25) is 0 Å². The van der Waals surface area contributed by atoms with Crippen LogP contribution in [0, 0.1) is 0 Å². The Hall–Kier alpha value is -1.88. The molecule has 0 aliphatic rings. The number of esters is 1. The summed E-state index contributed by atoms with van der Waals surface area (Å²) in [4.78, 5) is 24.7. The van der Waals surface area contributed by atoms with Crippen molar-refractivity contribution in [2.75, 3.05) is 21.2 Å². The number of likely N-dealkylation sites (N-methyl/N-ethyl adjacent to an activating group) is 1. The van der Waals surface area contributed by atoms with Crippen LogP contribution in [0.4, 0.5) is 0 Å². The smallest absolute Gasteiger partial charge is 0.322 e. The van der Waals surface area contributed by atoms with Gasteiger partial charge in [0.05, 0.1) is 7.11 Å². The Labute approximate surface area is 113 Å². The summed E-state index contributed by atoms with van der Waals surface area (Å²) in [5.74, 6) is -0.368. The summed E-state index contributed by atoms with van der Waals surface area (Å²) in [5.41, 5.74) is 1.65.